The molecular formula is C7H8BrN. The third-order valence-electron chi connectivity index (χ3n) is 0.682. The largest absolute Gasteiger partial charge is 0.263 e. The zero-order valence-electron chi connectivity index (χ0n) is 12.3. The van der Waals surface area contributed by atoms with Crippen LogP contribution in [0.4, 0.5) is 0 Å². The molecule has 0 aliphatic carbocycles. The van der Waals surface area contributed by atoms with Crippen LogP contribution in [-0.2, 0) is 6.37 Å². The Labute approximate surface area is 74.5 Å². The predicted molar refractivity (Wildman–Crippen MR) is 41.3 cm³/mol. The van der Waals surface area contributed by atoms with Gasteiger partial charge in [-0.05, 0) is 33.9 Å². The first-order chi connectivity index (χ1) is 7.50. The second-order valence-corrected chi connectivity index (χ2v) is 2.07. The van der Waals surface area contributed by atoms with E-state index in [1.807, 2.05) is 0 Å². The van der Waals surface area contributed by atoms with Crippen LogP contribution in [0.2, 0.25) is 0 Å². The average Bonchev–Trinajstić information content (AvgIpc) is 2.12. The smallest absolute Gasteiger partial charge is 0.0852 e. The minimum absolute atomic E-state index is 0.128. The van der Waals surface area contributed by atoms with Gasteiger partial charge in [0.05, 0.1) is 4.11 Å². The molecular weight excluding hydrogens is 178 g/mol. The van der Waals surface area contributed by atoms with Crippen molar-refractivity contribution in [1.82, 2.24) is 4.98 Å². The number of hydrogen-bond acceptors (Lipinski definition) is 1. The molecule has 0 saturated carbocycles. The fourth-order valence-corrected chi connectivity index (χ4v) is 0.645. The molecule has 0 aliphatic rings. The molecule has 0 unspecified atom stereocenters. The summed E-state index contributed by atoms with van der Waals surface area (Å²) in [6.45, 7) is -3.01. The Morgan fingerprint density at radius 2 is 2.89 bits per heavy atom. The standard InChI is InChI=1S/C7H8BrN/c1-2-6-3-7(8)5-9-4-6/h3-5H,2H2,1H3/i1D3,2D2,3D,4D,5D. The normalized spacial score (nSPS) is 25.4. The molecule has 0 amide bonds. The molecule has 0 N–H and O–H groups in total. The van der Waals surface area contributed by atoms with Gasteiger partial charge in [0.1, 0.15) is 0 Å². The summed E-state index contributed by atoms with van der Waals surface area (Å²) in [6, 6.07) is -0.531. The van der Waals surface area contributed by atoms with E-state index >= 15 is 0 Å². The Kier molecular flexibility index (Phi) is 0.599. The van der Waals surface area contributed by atoms with Crippen LogP contribution >= 0.6 is 15.9 Å². The maximum absolute atomic E-state index is 7.60. The van der Waals surface area contributed by atoms with Crippen molar-refractivity contribution in [2.45, 2.75) is 13.2 Å². The van der Waals surface area contributed by atoms with E-state index in [0.717, 1.165) is 0 Å². The van der Waals surface area contributed by atoms with Gasteiger partial charge in [-0.15, -0.1) is 0 Å². The molecule has 0 aliphatic heterocycles. The van der Waals surface area contributed by atoms with E-state index in [9.17, 15) is 0 Å². The number of nitrogens with zero attached hydrogens (tertiary/aromatic N) is 1. The monoisotopic (exact) mass is 193 g/mol. The average molecular weight is 194 g/mol. The van der Waals surface area contributed by atoms with Crippen LogP contribution in [0.3, 0.4) is 0 Å². The second-order valence-electron chi connectivity index (χ2n) is 1.27. The number of rotatable bonds is 1. The van der Waals surface area contributed by atoms with E-state index in [1.54, 1.807) is 0 Å². The molecule has 48 valence electrons. The maximum Gasteiger partial charge on any atom is 0.0852 e. The van der Waals surface area contributed by atoms with E-state index in [1.165, 1.54) is 0 Å². The molecule has 0 saturated heterocycles. The second kappa shape index (κ2) is 2.97. The molecule has 2 heteroatoms. The van der Waals surface area contributed by atoms with Crippen LogP contribution in [0, 0.1) is 0 Å². The lowest BCUT2D eigenvalue weighted by atomic mass is 10.2. The molecule has 0 aromatic carbocycles. The SMILES string of the molecule is [2H]c1nc([2H])c(C([2H])([2H])C([2H])([2H])[2H])c([2H])c1Br. The first-order valence-corrected chi connectivity index (χ1v) is 2.93. The summed E-state index contributed by atoms with van der Waals surface area (Å²) in [5.41, 5.74) is -0.639. The molecule has 0 radical (unpaired) electrons. The van der Waals surface area contributed by atoms with Crippen molar-refractivity contribution in [3.63, 3.8) is 0 Å². The summed E-state index contributed by atoms with van der Waals surface area (Å²) < 4.78 is 58.5. The fraction of sp³-hybridized carbons (Fsp3) is 0.286. The van der Waals surface area contributed by atoms with Crippen LogP contribution in [-0.4, -0.2) is 4.98 Å². The highest BCUT2D eigenvalue weighted by molar-refractivity contribution is 9.10. The van der Waals surface area contributed by atoms with Crippen LogP contribution in [0.25, 0.3) is 0 Å². The Morgan fingerprint density at radius 1 is 2.00 bits per heavy atom. The van der Waals surface area contributed by atoms with Crippen molar-refractivity contribution in [3.8, 4) is 0 Å². The molecule has 9 heavy (non-hydrogen) atoms. The topological polar surface area (TPSA) is 12.9 Å². The molecule has 1 aromatic heterocycles. The Morgan fingerprint density at radius 3 is 3.67 bits per heavy atom. The summed E-state index contributed by atoms with van der Waals surface area (Å²) in [5.74, 6) is 0. The highest BCUT2D eigenvalue weighted by Gasteiger charge is 1.88. The van der Waals surface area contributed by atoms with Crippen molar-refractivity contribution in [2.24, 2.45) is 0 Å². The molecule has 0 fully saturated rings. The Bertz CT molecular complexity index is 454. The van der Waals surface area contributed by atoms with Gasteiger partial charge in [0.15, 0.2) is 0 Å². The summed E-state index contributed by atoms with van der Waals surface area (Å²) in [4.78, 5) is 3.39. The summed E-state index contributed by atoms with van der Waals surface area (Å²) in [5, 5.41) is 0. The van der Waals surface area contributed by atoms with Gasteiger partial charge in [-0.2, -0.15) is 0 Å². The van der Waals surface area contributed by atoms with Gasteiger partial charge in [-0.3, -0.25) is 4.98 Å². The van der Waals surface area contributed by atoms with E-state index in [4.69, 9.17) is 11.0 Å². The van der Waals surface area contributed by atoms with Gasteiger partial charge < -0.3 is 0 Å². The molecule has 0 atom stereocenters. The lowest BCUT2D eigenvalue weighted by Crippen LogP contribution is -1.80. The Balaban J connectivity index is 3.58. The third kappa shape index (κ3) is 1.79. The van der Waals surface area contributed by atoms with Gasteiger partial charge in [0.2, 0.25) is 0 Å². The minimum atomic E-state index is -3.01. The first kappa shape index (κ1) is 1.82. The Hall–Kier alpha value is -0.370. The van der Waals surface area contributed by atoms with Gasteiger partial charge >= 0.3 is 0 Å². The van der Waals surface area contributed by atoms with Gasteiger partial charge in [-0.1, -0.05) is 6.85 Å². The number of pyridine rings is 1. The number of hydrogen-bond donors (Lipinski definition) is 0. The molecule has 1 nitrogen and oxygen atoms in total. The summed E-state index contributed by atoms with van der Waals surface area (Å²) >= 11 is 2.85. The highest BCUT2D eigenvalue weighted by atomic mass is 79.9. The predicted octanol–water partition coefficient (Wildman–Crippen LogP) is 2.41. The number of halogens is 1. The zero-order chi connectivity index (χ0) is 13.6. The first-order valence-electron chi connectivity index (χ1n) is 6.14. The van der Waals surface area contributed by atoms with Crippen LogP contribution in [0.5, 0.6) is 0 Å². The molecule has 0 spiro atoms. The van der Waals surface area contributed by atoms with Gasteiger partial charge in [-0.25, -0.2) is 0 Å². The van der Waals surface area contributed by atoms with Crippen LogP contribution in [0.15, 0.2) is 22.9 Å². The van der Waals surface area contributed by atoms with Crippen LogP contribution in [0.1, 0.15) is 23.4 Å². The van der Waals surface area contributed by atoms with E-state index in [-0.39, 0.29) is 4.47 Å². The van der Waals surface area contributed by atoms with Crippen LogP contribution < -0.4 is 0 Å². The molecule has 0 bridgehead atoms. The van der Waals surface area contributed by atoms with Crippen molar-refractivity contribution >= 4 is 15.9 Å². The third-order valence-corrected chi connectivity index (χ3v) is 1.06. The van der Waals surface area contributed by atoms with E-state index in [0.29, 0.717) is 0 Å². The zero-order valence-corrected chi connectivity index (χ0v) is 5.91. The van der Waals surface area contributed by atoms with Crippen molar-refractivity contribution in [1.29, 1.82) is 0 Å². The van der Waals surface area contributed by atoms with Crippen molar-refractivity contribution < 1.29 is 11.0 Å². The van der Waals surface area contributed by atoms with Crippen molar-refractivity contribution in [3.05, 3.63) is 28.4 Å². The molecule has 1 rings (SSSR count). The maximum atomic E-state index is 7.60. The van der Waals surface area contributed by atoms with E-state index < -0.39 is 37.2 Å². The summed E-state index contributed by atoms with van der Waals surface area (Å²) in [7, 11) is 0. The minimum Gasteiger partial charge on any atom is -0.263 e. The van der Waals surface area contributed by atoms with Gasteiger partial charge in [0, 0.05) is 23.7 Å². The quantitative estimate of drug-likeness (QED) is 0.668. The number of aromatic nitrogens is 1. The lowest BCUT2D eigenvalue weighted by Gasteiger charge is -1.93. The van der Waals surface area contributed by atoms with E-state index in [2.05, 4.69) is 20.9 Å². The molecule has 1 aromatic rings. The fourth-order valence-electron chi connectivity index (χ4n) is 0.358. The van der Waals surface area contributed by atoms with Gasteiger partial charge in [0.25, 0.3) is 0 Å². The highest BCUT2D eigenvalue weighted by Crippen LogP contribution is 2.09. The molecule has 1 heterocycles. The van der Waals surface area contributed by atoms with Crippen molar-refractivity contribution in [2.75, 3.05) is 0 Å². The lowest BCUT2D eigenvalue weighted by molar-refractivity contribution is 1.10. The summed E-state index contributed by atoms with van der Waals surface area (Å²) in [6.07, 6.45) is -3.96.